The van der Waals surface area contributed by atoms with Gasteiger partial charge in [0, 0.05) is 18.3 Å². The lowest BCUT2D eigenvalue weighted by molar-refractivity contribution is 0.0600. The first-order chi connectivity index (χ1) is 14.7. The largest absolute Gasteiger partial charge is 0.496 e. The minimum atomic E-state index is -0.308. The van der Waals surface area contributed by atoms with E-state index in [9.17, 15) is 4.79 Å². The summed E-state index contributed by atoms with van der Waals surface area (Å²) < 4.78 is 10.5. The smallest absolute Gasteiger partial charge is 0.337 e. The zero-order valence-corrected chi connectivity index (χ0v) is 17.5. The van der Waals surface area contributed by atoms with Crippen molar-refractivity contribution in [1.29, 1.82) is 0 Å². The van der Waals surface area contributed by atoms with Crippen LogP contribution in [0.4, 0.5) is 5.69 Å². The van der Waals surface area contributed by atoms with Crippen molar-refractivity contribution in [1.82, 2.24) is 0 Å². The molecule has 1 aliphatic rings. The fourth-order valence-corrected chi connectivity index (χ4v) is 4.31. The number of rotatable bonds is 6. The molecule has 0 saturated heterocycles. The topological polar surface area (TPSA) is 38.8 Å². The Morgan fingerprint density at radius 2 is 1.73 bits per heavy atom. The van der Waals surface area contributed by atoms with Crippen molar-refractivity contribution < 1.29 is 14.3 Å². The minimum Gasteiger partial charge on any atom is -0.496 e. The highest BCUT2D eigenvalue weighted by Gasteiger charge is 2.26. The Morgan fingerprint density at radius 1 is 0.967 bits per heavy atom. The van der Waals surface area contributed by atoms with Gasteiger partial charge < -0.3 is 14.4 Å². The normalized spacial score (nSPS) is 15.2. The van der Waals surface area contributed by atoms with Gasteiger partial charge in [0.15, 0.2) is 0 Å². The van der Waals surface area contributed by atoms with Crippen molar-refractivity contribution in [3.8, 4) is 5.75 Å². The van der Waals surface area contributed by atoms with E-state index in [4.69, 9.17) is 9.47 Å². The Labute approximate surface area is 178 Å². The van der Waals surface area contributed by atoms with Gasteiger partial charge >= 0.3 is 5.97 Å². The molecule has 1 unspecified atom stereocenters. The number of benzene rings is 3. The third-order valence-electron chi connectivity index (χ3n) is 5.89. The van der Waals surface area contributed by atoms with Crippen molar-refractivity contribution in [3.05, 3.63) is 95.1 Å². The van der Waals surface area contributed by atoms with Crippen LogP contribution in [-0.4, -0.2) is 26.2 Å². The Kier molecular flexibility index (Phi) is 6.03. The molecular weight excluding hydrogens is 374 g/mol. The summed E-state index contributed by atoms with van der Waals surface area (Å²) in [7, 11) is 3.15. The van der Waals surface area contributed by atoms with Crippen LogP contribution in [0.3, 0.4) is 0 Å². The molecule has 0 fully saturated rings. The molecule has 4 nitrogen and oxygen atoms in total. The van der Waals surface area contributed by atoms with Crippen LogP contribution in [0.2, 0.25) is 0 Å². The second-order valence-electron chi connectivity index (χ2n) is 7.65. The summed E-state index contributed by atoms with van der Waals surface area (Å²) in [5.74, 6) is 0.671. The molecule has 1 aliphatic carbocycles. The van der Waals surface area contributed by atoms with Crippen LogP contribution in [0.1, 0.15) is 33.5 Å². The average molecular weight is 402 g/mol. The summed E-state index contributed by atoms with van der Waals surface area (Å²) in [4.78, 5) is 14.2. The summed E-state index contributed by atoms with van der Waals surface area (Å²) in [6.07, 6.45) is 3.09. The summed E-state index contributed by atoms with van der Waals surface area (Å²) in [6.45, 7) is 0.778. The maximum absolute atomic E-state index is 11.7. The molecule has 0 amide bonds. The maximum Gasteiger partial charge on any atom is 0.337 e. The number of methoxy groups -OCH3 is 2. The van der Waals surface area contributed by atoms with Gasteiger partial charge in [-0.2, -0.15) is 0 Å². The number of carbonyl (C=O) groups is 1. The highest BCUT2D eigenvalue weighted by molar-refractivity contribution is 5.89. The molecule has 0 N–H and O–H groups in total. The number of esters is 1. The first-order valence-electron chi connectivity index (χ1n) is 10.3. The summed E-state index contributed by atoms with van der Waals surface area (Å²) in [6, 6.07) is 25.0. The number of para-hydroxylation sites is 1. The molecule has 4 heteroatoms. The molecule has 3 aromatic rings. The van der Waals surface area contributed by atoms with Gasteiger partial charge in [0.05, 0.1) is 19.8 Å². The molecule has 0 bridgehead atoms. The quantitative estimate of drug-likeness (QED) is 0.542. The van der Waals surface area contributed by atoms with Gasteiger partial charge in [0.2, 0.25) is 0 Å². The summed E-state index contributed by atoms with van der Waals surface area (Å²) in [5, 5.41) is 0. The van der Waals surface area contributed by atoms with Gasteiger partial charge in [-0.1, -0.05) is 42.5 Å². The Morgan fingerprint density at radius 3 is 2.43 bits per heavy atom. The van der Waals surface area contributed by atoms with Crippen LogP contribution in [0.15, 0.2) is 72.8 Å². The molecular formula is C26H27NO3. The van der Waals surface area contributed by atoms with Crippen molar-refractivity contribution in [2.75, 3.05) is 19.1 Å². The molecule has 4 rings (SSSR count). The van der Waals surface area contributed by atoms with Crippen molar-refractivity contribution in [3.63, 3.8) is 0 Å². The molecule has 0 aliphatic heterocycles. The van der Waals surface area contributed by atoms with Crippen LogP contribution in [0, 0.1) is 0 Å². The highest BCUT2D eigenvalue weighted by atomic mass is 16.5. The molecule has 0 radical (unpaired) electrons. The van der Waals surface area contributed by atoms with Crippen molar-refractivity contribution >= 4 is 11.7 Å². The first-order valence-corrected chi connectivity index (χ1v) is 10.3. The van der Waals surface area contributed by atoms with E-state index in [0.29, 0.717) is 11.6 Å². The number of carbonyl (C=O) groups excluding carboxylic acids is 1. The Bertz CT molecular complexity index is 984. The van der Waals surface area contributed by atoms with E-state index < -0.39 is 0 Å². The molecule has 0 spiro atoms. The van der Waals surface area contributed by atoms with Gasteiger partial charge in [0.25, 0.3) is 0 Å². The number of hydrogen-bond acceptors (Lipinski definition) is 4. The van der Waals surface area contributed by atoms with Crippen LogP contribution in [0.5, 0.6) is 5.75 Å². The van der Waals surface area contributed by atoms with Gasteiger partial charge in [-0.3, -0.25) is 0 Å². The molecule has 1 atom stereocenters. The van der Waals surface area contributed by atoms with Gasteiger partial charge in [-0.05, 0) is 66.3 Å². The fraction of sp³-hybridized carbons (Fsp3) is 0.269. The molecule has 0 heterocycles. The average Bonchev–Trinajstić information content (AvgIpc) is 2.82. The van der Waals surface area contributed by atoms with E-state index in [2.05, 4.69) is 47.4 Å². The number of ether oxygens (including phenoxy) is 2. The maximum atomic E-state index is 11.7. The predicted octanol–water partition coefficient (Wildman–Crippen LogP) is 5.05. The first kappa shape index (κ1) is 20.0. The fourth-order valence-electron chi connectivity index (χ4n) is 4.31. The van der Waals surface area contributed by atoms with Gasteiger partial charge in [0.1, 0.15) is 5.75 Å². The van der Waals surface area contributed by atoms with Crippen molar-refractivity contribution in [2.45, 2.75) is 31.8 Å². The van der Waals surface area contributed by atoms with Crippen LogP contribution >= 0.6 is 0 Å². The lowest BCUT2D eigenvalue weighted by Crippen LogP contribution is -2.39. The van der Waals surface area contributed by atoms with E-state index in [-0.39, 0.29) is 5.97 Å². The number of hydrogen-bond donors (Lipinski definition) is 0. The highest BCUT2D eigenvalue weighted by Crippen LogP contribution is 2.34. The van der Waals surface area contributed by atoms with Crippen LogP contribution in [-0.2, 0) is 24.1 Å². The third-order valence-corrected chi connectivity index (χ3v) is 5.89. The molecule has 3 aromatic carbocycles. The molecule has 0 aromatic heterocycles. The number of fused-ring (bicyclic) bond motifs is 1. The Balaban J connectivity index is 1.62. The standard InChI is InChI=1S/C26H27NO3/c1-29-25-10-6-7-20-15-16-23(17-24(20)25)27(22-8-4-3-5-9-22)18-19-11-13-21(14-12-19)26(28)30-2/h3-14,23H,15-18H2,1-2H3. The van der Waals surface area contributed by atoms with Crippen LogP contribution < -0.4 is 9.64 Å². The van der Waals surface area contributed by atoms with E-state index in [1.165, 1.54) is 23.9 Å². The Hall–Kier alpha value is -3.27. The van der Waals surface area contributed by atoms with E-state index in [1.54, 1.807) is 7.11 Å². The predicted molar refractivity (Wildman–Crippen MR) is 119 cm³/mol. The van der Waals surface area contributed by atoms with Gasteiger partial charge in [-0.25, -0.2) is 4.79 Å². The summed E-state index contributed by atoms with van der Waals surface area (Å²) >= 11 is 0. The molecule has 154 valence electrons. The van der Waals surface area contributed by atoms with Crippen LogP contribution in [0.25, 0.3) is 0 Å². The monoisotopic (exact) mass is 401 g/mol. The second-order valence-corrected chi connectivity index (χ2v) is 7.65. The second kappa shape index (κ2) is 9.04. The van der Waals surface area contributed by atoms with E-state index >= 15 is 0 Å². The number of anilines is 1. The zero-order chi connectivity index (χ0) is 20.9. The third kappa shape index (κ3) is 4.18. The zero-order valence-electron chi connectivity index (χ0n) is 17.5. The molecule has 0 saturated carbocycles. The SMILES string of the molecule is COC(=O)c1ccc(CN(c2ccccc2)C2CCc3cccc(OC)c3C2)cc1. The number of aryl methyl sites for hydroxylation is 1. The number of nitrogens with zero attached hydrogens (tertiary/aromatic N) is 1. The van der Waals surface area contributed by atoms with E-state index in [0.717, 1.165) is 37.1 Å². The lowest BCUT2D eigenvalue weighted by Gasteiger charge is -2.37. The van der Waals surface area contributed by atoms with Crippen molar-refractivity contribution in [2.24, 2.45) is 0 Å². The van der Waals surface area contributed by atoms with E-state index in [1.807, 2.05) is 30.3 Å². The molecule has 30 heavy (non-hydrogen) atoms. The minimum absolute atomic E-state index is 0.308. The summed E-state index contributed by atoms with van der Waals surface area (Å²) in [5.41, 5.74) is 5.65. The lowest BCUT2D eigenvalue weighted by atomic mass is 9.86. The van der Waals surface area contributed by atoms with Gasteiger partial charge in [-0.15, -0.1) is 0 Å².